The molecule has 1 aliphatic carbocycles. The fraction of sp³-hybridized carbons (Fsp3) is 1.00. The van der Waals surface area contributed by atoms with E-state index in [0.717, 1.165) is 23.7 Å². The van der Waals surface area contributed by atoms with E-state index in [0.29, 0.717) is 5.41 Å². The summed E-state index contributed by atoms with van der Waals surface area (Å²) in [4.78, 5) is 0. The van der Waals surface area contributed by atoms with Gasteiger partial charge in [0, 0.05) is 0 Å². The van der Waals surface area contributed by atoms with E-state index in [9.17, 15) is 0 Å². The van der Waals surface area contributed by atoms with E-state index in [1.165, 1.54) is 57.8 Å². The molecule has 0 radical (unpaired) electrons. The third-order valence-electron chi connectivity index (χ3n) is 5.63. The predicted octanol–water partition coefficient (Wildman–Crippen LogP) is 11.2. The van der Waals surface area contributed by atoms with Crippen molar-refractivity contribution in [2.24, 2.45) is 29.1 Å². The maximum atomic E-state index is 2.59. The van der Waals surface area contributed by atoms with Gasteiger partial charge in [0.15, 0.2) is 0 Å². The SMILES string of the molecule is CC.CC.CC.CC(C)C.CCCC(CCCCC(C)C)C1(C)CCCC1C. The van der Waals surface area contributed by atoms with E-state index in [-0.39, 0.29) is 0 Å². The summed E-state index contributed by atoms with van der Waals surface area (Å²) < 4.78 is 0. The predicted molar refractivity (Wildman–Crippen MR) is 137 cm³/mol. The second kappa shape index (κ2) is 25.0. The zero-order valence-corrected chi connectivity index (χ0v) is 23.2. The van der Waals surface area contributed by atoms with Crippen molar-refractivity contribution in [3.05, 3.63) is 0 Å². The Labute approximate surface area is 184 Å². The van der Waals surface area contributed by atoms with Crippen LogP contribution in [0.25, 0.3) is 0 Å². The third-order valence-corrected chi connectivity index (χ3v) is 5.63. The lowest BCUT2D eigenvalue weighted by Gasteiger charge is -2.38. The lowest BCUT2D eigenvalue weighted by atomic mass is 9.67. The molecule has 1 saturated carbocycles. The van der Waals surface area contributed by atoms with Gasteiger partial charge in [0.2, 0.25) is 0 Å². The van der Waals surface area contributed by atoms with E-state index in [1.807, 2.05) is 41.5 Å². The Bertz CT molecular complexity index is 250. The first-order chi connectivity index (χ1) is 13.2. The summed E-state index contributed by atoms with van der Waals surface area (Å²) in [5.74, 6) is 3.67. The van der Waals surface area contributed by atoms with Crippen LogP contribution in [0.15, 0.2) is 0 Å². The van der Waals surface area contributed by atoms with Gasteiger partial charge < -0.3 is 0 Å². The molecule has 176 valence electrons. The normalized spacial score (nSPS) is 21.2. The zero-order chi connectivity index (χ0) is 23.2. The Morgan fingerprint density at radius 3 is 1.54 bits per heavy atom. The van der Waals surface area contributed by atoms with Crippen molar-refractivity contribution in [3.63, 3.8) is 0 Å². The van der Waals surface area contributed by atoms with Gasteiger partial charge in [-0.05, 0) is 41.9 Å². The summed E-state index contributed by atoms with van der Waals surface area (Å²) in [7, 11) is 0. The van der Waals surface area contributed by atoms with Crippen molar-refractivity contribution >= 4 is 0 Å². The fourth-order valence-electron chi connectivity index (χ4n) is 4.07. The van der Waals surface area contributed by atoms with Crippen molar-refractivity contribution in [3.8, 4) is 0 Å². The highest BCUT2D eigenvalue weighted by Crippen LogP contribution is 2.51. The van der Waals surface area contributed by atoms with Crippen molar-refractivity contribution in [1.29, 1.82) is 0 Å². The minimum absolute atomic E-state index is 0.661. The summed E-state index contributed by atoms with van der Waals surface area (Å²) >= 11 is 0. The number of hydrogen-bond acceptors (Lipinski definition) is 0. The monoisotopic (exact) mass is 401 g/mol. The Kier molecular flexibility index (Phi) is 31.7. The van der Waals surface area contributed by atoms with Gasteiger partial charge in [0.05, 0.1) is 0 Å². The minimum Gasteiger partial charge on any atom is -0.0683 e. The molecule has 0 nitrogen and oxygen atoms in total. The second-order valence-electron chi connectivity index (χ2n) is 9.20. The van der Waals surface area contributed by atoms with Gasteiger partial charge in [-0.25, -0.2) is 0 Å². The van der Waals surface area contributed by atoms with Crippen LogP contribution in [0.1, 0.15) is 155 Å². The maximum Gasteiger partial charge on any atom is -0.0272 e. The molecule has 1 rings (SSSR count). The quantitative estimate of drug-likeness (QED) is 0.355. The molecule has 0 spiro atoms. The highest BCUT2D eigenvalue weighted by molar-refractivity contribution is 4.91. The van der Waals surface area contributed by atoms with Gasteiger partial charge in [-0.2, -0.15) is 0 Å². The average Bonchev–Trinajstić information content (AvgIpc) is 3.02. The van der Waals surface area contributed by atoms with Gasteiger partial charge in [0.1, 0.15) is 0 Å². The molecule has 0 heterocycles. The van der Waals surface area contributed by atoms with Crippen molar-refractivity contribution in [2.75, 3.05) is 0 Å². The molecule has 1 aliphatic rings. The van der Waals surface area contributed by atoms with Crippen LogP contribution in [-0.4, -0.2) is 0 Å². The summed E-state index contributed by atoms with van der Waals surface area (Å²) in [5.41, 5.74) is 0.661. The zero-order valence-electron chi connectivity index (χ0n) is 23.2. The lowest BCUT2D eigenvalue weighted by Crippen LogP contribution is -2.30. The molecule has 28 heavy (non-hydrogen) atoms. The molecule has 0 heteroatoms. The molecule has 3 unspecified atom stereocenters. The Hall–Kier alpha value is 0. The van der Waals surface area contributed by atoms with Crippen LogP contribution in [0.3, 0.4) is 0 Å². The van der Waals surface area contributed by atoms with Crippen LogP contribution in [0.4, 0.5) is 0 Å². The summed E-state index contributed by atoms with van der Waals surface area (Å²) in [5, 5.41) is 0. The van der Waals surface area contributed by atoms with Crippen LogP contribution in [0.2, 0.25) is 0 Å². The van der Waals surface area contributed by atoms with Gasteiger partial charge in [-0.3, -0.25) is 0 Å². The maximum absolute atomic E-state index is 2.59. The molecule has 0 bridgehead atoms. The molecule has 3 atom stereocenters. The molecule has 0 saturated heterocycles. The van der Waals surface area contributed by atoms with Gasteiger partial charge >= 0.3 is 0 Å². The van der Waals surface area contributed by atoms with E-state index in [4.69, 9.17) is 0 Å². The molecule has 0 aromatic heterocycles. The molecular weight excluding hydrogens is 336 g/mol. The van der Waals surface area contributed by atoms with Crippen molar-refractivity contribution in [2.45, 2.75) is 155 Å². The Balaban J connectivity index is -0.000000245. The Morgan fingerprint density at radius 1 is 0.786 bits per heavy atom. The Morgan fingerprint density at radius 2 is 1.21 bits per heavy atom. The molecule has 0 N–H and O–H groups in total. The molecule has 0 aromatic rings. The van der Waals surface area contributed by atoms with Gasteiger partial charge in [-0.1, -0.05) is 142 Å². The van der Waals surface area contributed by atoms with E-state index in [2.05, 4.69) is 55.4 Å². The van der Waals surface area contributed by atoms with Crippen LogP contribution in [0, 0.1) is 29.1 Å². The second-order valence-corrected chi connectivity index (χ2v) is 9.20. The summed E-state index contributed by atoms with van der Waals surface area (Å²) in [6.45, 7) is 30.7. The third kappa shape index (κ3) is 19.3. The first-order valence-corrected chi connectivity index (χ1v) is 13.2. The van der Waals surface area contributed by atoms with Crippen LogP contribution >= 0.6 is 0 Å². The molecule has 0 aliphatic heterocycles. The van der Waals surface area contributed by atoms with Crippen LogP contribution in [-0.2, 0) is 0 Å². The summed E-state index contributed by atoms with van der Waals surface area (Å²) in [6.07, 6.45) is 13.1. The standard InChI is InChI=1S/C18H36.C4H10.3C2H6/c1-6-10-17(13-8-7-11-15(2)3)18(5)14-9-12-16(18)4;1-4(2)3;3*1-2/h15-17H,6-14H2,1-5H3;4H,1-3H3;3*1-2H3. The number of hydrogen-bond donors (Lipinski definition) is 0. The molecule has 1 fully saturated rings. The lowest BCUT2D eigenvalue weighted by molar-refractivity contribution is 0.112. The van der Waals surface area contributed by atoms with Crippen LogP contribution in [0.5, 0.6) is 0 Å². The van der Waals surface area contributed by atoms with Crippen molar-refractivity contribution < 1.29 is 0 Å². The first-order valence-electron chi connectivity index (χ1n) is 13.2. The smallest absolute Gasteiger partial charge is 0.0272 e. The number of rotatable bonds is 8. The van der Waals surface area contributed by atoms with Crippen molar-refractivity contribution in [1.82, 2.24) is 0 Å². The van der Waals surface area contributed by atoms with E-state index < -0.39 is 0 Å². The number of unbranched alkanes of at least 4 members (excludes halogenated alkanes) is 1. The fourth-order valence-corrected chi connectivity index (χ4v) is 4.07. The van der Waals surface area contributed by atoms with Gasteiger partial charge in [0.25, 0.3) is 0 Å². The van der Waals surface area contributed by atoms with Crippen LogP contribution < -0.4 is 0 Å². The van der Waals surface area contributed by atoms with E-state index in [1.54, 1.807) is 0 Å². The molecule has 0 amide bonds. The highest BCUT2D eigenvalue weighted by atomic mass is 14.5. The highest BCUT2D eigenvalue weighted by Gasteiger charge is 2.41. The summed E-state index contributed by atoms with van der Waals surface area (Å²) in [6, 6.07) is 0. The topological polar surface area (TPSA) is 0 Å². The molecular formula is C28H64. The van der Waals surface area contributed by atoms with Gasteiger partial charge in [-0.15, -0.1) is 0 Å². The first kappa shape index (κ1) is 35.4. The molecule has 0 aromatic carbocycles. The average molecular weight is 401 g/mol. The van der Waals surface area contributed by atoms with E-state index >= 15 is 0 Å². The minimum atomic E-state index is 0.661. The largest absolute Gasteiger partial charge is 0.0683 e.